The lowest BCUT2D eigenvalue weighted by Gasteiger charge is -2.06. The van der Waals surface area contributed by atoms with Crippen molar-refractivity contribution in [3.8, 4) is 0 Å². The van der Waals surface area contributed by atoms with E-state index in [-0.39, 0.29) is 5.97 Å². The zero-order chi connectivity index (χ0) is 14.5. The first-order chi connectivity index (χ1) is 9.63. The molecule has 0 aliphatic rings. The highest BCUT2D eigenvalue weighted by atomic mass is 16.5. The number of benzene rings is 1. The number of carbonyl (C=O) groups excluding carboxylic acids is 1. The average Bonchev–Trinajstić information content (AvgIpc) is 2.44. The smallest absolute Gasteiger partial charge is 0.330 e. The van der Waals surface area contributed by atoms with Gasteiger partial charge in [0.2, 0.25) is 0 Å². The second-order valence-electron chi connectivity index (χ2n) is 4.64. The number of hydrogen-bond acceptors (Lipinski definition) is 3. The van der Waals surface area contributed by atoms with Crippen LogP contribution in [0.1, 0.15) is 30.7 Å². The van der Waals surface area contributed by atoms with Crippen molar-refractivity contribution >= 4 is 22.9 Å². The predicted octanol–water partition coefficient (Wildman–Crippen LogP) is 3.68. The molecule has 0 radical (unpaired) electrons. The van der Waals surface area contributed by atoms with Gasteiger partial charge in [0.25, 0.3) is 0 Å². The highest BCUT2D eigenvalue weighted by Gasteiger charge is 2.04. The molecule has 0 fully saturated rings. The van der Waals surface area contributed by atoms with Gasteiger partial charge in [0.15, 0.2) is 0 Å². The third-order valence-corrected chi connectivity index (χ3v) is 3.13. The van der Waals surface area contributed by atoms with Gasteiger partial charge in [0, 0.05) is 17.2 Å². The summed E-state index contributed by atoms with van der Waals surface area (Å²) < 4.78 is 4.91. The first kappa shape index (κ1) is 14.3. The molecule has 0 unspecified atom stereocenters. The maximum atomic E-state index is 11.4. The van der Waals surface area contributed by atoms with Gasteiger partial charge in [-0.05, 0) is 55.7 Å². The minimum Gasteiger partial charge on any atom is -0.463 e. The molecule has 3 heteroatoms. The summed E-state index contributed by atoms with van der Waals surface area (Å²) >= 11 is 0. The number of carbonyl (C=O) groups is 1. The molecule has 0 saturated heterocycles. The van der Waals surface area contributed by atoms with E-state index in [4.69, 9.17) is 4.74 Å². The van der Waals surface area contributed by atoms with Crippen molar-refractivity contribution in [3.63, 3.8) is 0 Å². The van der Waals surface area contributed by atoms with Gasteiger partial charge < -0.3 is 4.74 Å². The van der Waals surface area contributed by atoms with Crippen LogP contribution in [0.4, 0.5) is 0 Å². The fourth-order valence-corrected chi connectivity index (χ4v) is 2.14. The average molecular weight is 269 g/mol. The van der Waals surface area contributed by atoms with Crippen LogP contribution < -0.4 is 0 Å². The quantitative estimate of drug-likeness (QED) is 0.628. The Labute approximate surface area is 119 Å². The van der Waals surface area contributed by atoms with Crippen LogP contribution in [0.25, 0.3) is 17.0 Å². The maximum Gasteiger partial charge on any atom is 0.330 e. The molecule has 1 heterocycles. The van der Waals surface area contributed by atoms with Gasteiger partial charge in [0.05, 0.1) is 12.1 Å². The molecular formula is C17H19NO2. The van der Waals surface area contributed by atoms with Crippen molar-refractivity contribution < 1.29 is 9.53 Å². The van der Waals surface area contributed by atoms with Gasteiger partial charge in [-0.3, -0.25) is 4.98 Å². The van der Waals surface area contributed by atoms with Gasteiger partial charge >= 0.3 is 5.97 Å². The largest absolute Gasteiger partial charge is 0.463 e. The Kier molecular flexibility index (Phi) is 4.51. The van der Waals surface area contributed by atoms with Crippen LogP contribution in [0.2, 0.25) is 0 Å². The number of nitrogens with zero attached hydrogens (tertiary/aromatic N) is 1. The van der Waals surface area contributed by atoms with Crippen LogP contribution >= 0.6 is 0 Å². The summed E-state index contributed by atoms with van der Waals surface area (Å²) in [6.45, 7) is 6.26. The first-order valence-corrected chi connectivity index (χ1v) is 6.89. The molecule has 1 aromatic heterocycles. The van der Waals surface area contributed by atoms with Gasteiger partial charge in [-0.1, -0.05) is 13.0 Å². The molecule has 20 heavy (non-hydrogen) atoms. The molecule has 0 spiro atoms. The van der Waals surface area contributed by atoms with Gasteiger partial charge in [-0.25, -0.2) is 4.79 Å². The maximum absolute atomic E-state index is 11.4. The number of pyridine rings is 1. The summed E-state index contributed by atoms with van der Waals surface area (Å²) in [4.78, 5) is 16.0. The SMILES string of the molecule is CCOC(=O)/C=C/c1cc(C)nc2ccc(CC)cc12. The number of aromatic nitrogens is 1. The molecule has 0 N–H and O–H groups in total. The molecule has 0 saturated carbocycles. The standard InChI is InChI=1S/C17H19NO2/c1-4-13-6-8-16-15(11-13)14(10-12(3)18-16)7-9-17(19)20-5-2/h6-11H,4-5H2,1-3H3/b9-7+. The van der Waals surface area contributed by atoms with E-state index in [1.807, 2.05) is 19.1 Å². The number of ether oxygens (including phenoxy) is 1. The summed E-state index contributed by atoms with van der Waals surface area (Å²) in [6, 6.07) is 8.24. The van der Waals surface area contributed by atoms with Crippen molar-refractivity contribution in [2.24, 2.45) is 0 Å². The second-order valence-corrected chi connectivity index (χ2v) is 4.64. The lowest BCUT2D eigenvalue weighted by molar-refractivity contribution is -0.137. The minimum atomic E-state index is -0.318. The zero-order valence-corrected chi connectivity index (χ0v) is 12.1. The molecule has 0 amide bonds. The Balaban J connectivity index is 2.47. The van der Waals surface area contributed by atoms with E-state index >= 15 is 0 Å². The normalized spacial score (nSPS) is 11.2. The Morgan fingerprint density at radius 3 is 2.80 bits per heavy atom. The first-order valence-electron chi connectivity index (χ1n) is 6.89. The number of fused-ring (bicyclic) bond motifs is 1. The number of rotatable bonds is 4. The second kappa shape index (κ2) is 6.33. The third-order valence-electron chi connectivity index (χ3n) is 3.13. The van der Waals surface area contributed by atoms with Crippen LogP contribution in [0.5, 0.6) is 0 Å². The fraction of sp³-hybridized carbons (Fsp3) is 0.294. The van der Waals surface area contributed by atoms with E-state index in [0.29, 0.717) is 6.61 Å². The van der Waals surface area contributed by atoms with Crippen molar-refractivity contribution in [1.82, 2.24) is 4.98 Å². The highest BCUT2D eigenvalue weighted by Crippen LogP contribution is 2.21. The van der Waals surface area contributed by atoms with E-state index in [9.17, 15) is 4.79 Å². The lowest BCUT2D eigenvalue weighted by Crippen LogP contribution is -1.98. The summed E-state index contributed by atoms with van der Waals surface area (Å²) in [5, 5.41) is 1.07. The summed E-state index contributed by atoms with van der Waals surface area (Å²) in [5.41, 5.74) is 4.14. The van der Waals surface area contributed by atoms with Crippen molar-refractivity contribution in [3.05, 3.63) is 47.2 Å². The molecule has 2 aromatic rings. The van der Waals surface area contributed by atoms with E-state index in [1.54, 1.807) is 13.0 Å². The van der Waals surface area contributed by atoms with Crippen LogP contribution in [0, 0.1) is 6.92 Å². The molecule has 0 atom stereocenters. The zero-order valence-electron chi connectivity index (χ0n) is 12.1. The van der Waals surface area contributed by atoms with E-state index in [2.05, 4.69) is 24.0 Å². The van der Waals surface area contributed by atoms with Crippen LogP contribution in [-0.2, 0) is 16.0 Å². The van der Waals surface area contributed by atoms with Gasteiger partial charge in [-0.2, -0.15) is 0 Å². The number of aryl methyl sites for hydroxylation is 2. The van der Waals surface area contributed by atoms with Gasteiger partial charge in [0.1, 0.15) is 0 Å². The molecule has 2 rings (SSSR count). The molecule has 0 aliphatic carbocycles. The van der Waals surface area contributed by atoms with E-state index in [0.717, 1.165) is 28.6 Å². The molecular weight excluding hydrogens is 250 g/mol. The van der Waals surface area contributed by atoms with Crippen molar-refractivity contribution in [2.75, 3.05) is 6.61 Å². The predicted molar refractivity (Wildman–Crippen MR) is 81.5 cm³/mol. The van der Waals surface area contributed by atoms with Crippen LogP contribution in [0.3, 0.4) is 0 Å². The topological polar surface area (TPSA) is 39.2 Å². The third kappa shape index (κ3) is 3.23. The summed E-state index contributed by atoms with van der Waals surface area (Å²) in [5.74, 6) is -0.318. The molecule has 3 nitrogen and oxygen atoms in total. The minimum absolute atomic E-state index is 0.318. The number of esters is 1. The summed E-state index contributed by atoms with van der Waals surface area (Å²) in [7, 11) is 0. The number of hydrogen-bond donors (Lipinski definition) is 0. The monoisotopic (exact) mass is 269 g/mol. The van der Waals surface area contributed by atoms with Crippen LogP contribution in [0.15, 0.2) is 30.3 Å². The van der Waals surface area contributed by atoms with Crippen molar-refractivity contribution in [1.29, 1.82) is 0 Å². The Morgan fingerprint density at radius 2 is 2.10 bits per heavy atom. The molecule has 0 aliphatic heterocycles. The van der Waals surface area contributed by atoms with E-state index < -0.39 is 0 Å². The Morgan fingerprint density at radius 1 is 1.30 bits per heavy atom. The van der Waals surface area contributed by atoms with Crippen LogP contribution in [-0.4, -0.2) is 17.6 Å². The lowest BCUT2D eigenvalue weighted by atomic mass is 10.0. The van der Waals surface area contributed by atoms with Crippen molar-refractivity contribution in [2.45, 2.75) is 27.2 Å². The molecule has 1 aromatic carbocycles. The van der Waals surface area contributed by atoms with Gasteiger partial charge in [-0.15, -0.1) is 0 Å². The summed E-state index contributed by atoms with van der Waals surface area (Å²) in [6.07, 6.45) is 4.25. The Bertz CT molecular complexity index is 659. The molecule has 0 bridgehead atoms. The fourth-order valence-electron chi connectivity index (χ4n) is 2.14. The highest BCUT2D eigenvalue weighted by molar-refractivity contribution is 5.93. The Hall–Kier alpha value is -2.16. The molecule has 104 valence electrons. The van der Waals surface area contributed by atoms with E-state index in [1.165, 1.54) is 11.6 Å².